The van der Waals surface area contributed by atoms with Gasteiger partial charge in [-0.3, -0.25) is 4.79 Å². The quantitative estimate of drug-likeness (QED) is 0.637. The standard InChI is InChI=1S/C19H17ClN2OS/c20-18-6-2-1-4-14(18)13-21-15-7-9-16(10-8-15)22-19(23)12-17-5-3-11-24-17/h1-11,21H,12-13H2,(H,22,23). The summed E-state index contributed by atoms with van der Waals surface area (Å²) in [5.41, 5.74) is 2.82. The van der Waals surface area contributed by atoms with Crippen LogP contribution >= 0.6 is 22.9 Å². The van der Waals surface area contributed by atoms with E-state index in [9.17, 15) is 4.79 Å². The summed E-state index contributed by atoms with van der Waals surface area (Å²) in [7, 11) is 0. The Morgan fingerprint density at radius 2 is 1.71 bits per heavy atom. The summed E-state index contributed by atoms with van der Waals surface area (Å²) < 4.78 is 0. The van der Waals surface area contributed by atoms with E-state index in [0.717, 1.165) is 26.8 Å². The molecule has 0 aliphatic heterocycles. The molecular weight excluding hydrogens is 340 g/mol. The molecule has 0 saturated heterocycles. The highest BCUT2D eigenvalue weighted by Gasteiger charge is 2.05. The van der Waals surface area contributed by atoms with Crippen molar-refractivity contribution < 1.29 is 4.79 Å². The fraction of sp³-hybridized carbons (Fsp3) is 0.105. The van der Waals surface area contributed by atoms with Crippen LogP contribution < -0.4 is 10.6 Å². The SMILES string of the molecule is O=C(Cc1cccs1)Nc1ccc(NCc2ccccc2Cl)cc1. The second kappa shape index (κ2) is 7.99. The molecule has 122 valence electrons. The van der Waals surface area contributed by atoms with E-state index in [2.05, 4.69) is 10.6 Å². The van der Waals surface area contributed by atoms with Gasteiger partial charge in [0, 0.05) is 27.8 Å². The summed E-state index contributed by atoms with van der Waals surface area (Å²) >= 11 is 7.73. The second-order valence-corrected chi connectivity index (χ2v) is 6.77. The number of carbonyl (C=O) groups excluding carboxylic acids is 1. The smallest absolute Gasteiger partial charge is 0.229 e. The number of thiophene rings is 1. The van der Waals surface area contributed by atoms with Crippen LogP contribution in [0.1, 0.15) is 10.4 Å². The Labute approximate surface area is 150 Å². The Kier molecular flexibility index (Phi) is 5.51. The van der Waals surface area contributed by atoms with Gasteiger partial charge in [0.2, 0.25) is 5.91 Å². The van der Waals surface area contributed by atoms with E-state index in [1.807, 2.05) is 66.0 Å². The molecule has 0 radical (unpaired) electrons. The topological polar surface area (TPSA) is 41.1 Å². The lowest BCUT2D eigenvalue weighted by Gasteiger charge is -2.09. The van der Waals surface area contributed by atoms with E-state index >= 15 is 0 Å². The number of halogens is 1. The number of rotatable bonds is 6. The van der Waals surface area contributed by atoms with Crippen LogP contribution in [0.4, 0.5) is 11.4 Å². The van der Waals surface area contributed by atoms with Gasteiger partial charge in [-0.1, -0.05) is 35.9 Å². The van der Waals surface area contributed by atoms with E-state index in [1.54, 1.807) is 11.3 Å². The van der Waals surface area contributed by atoms with Crippen LogP contribution in [0.3, 0.4) is 0 Å². The zero-order chi connectivity index (χ0) is 16.8. The number of anilines is 2. The van der Waals surface area contributed by atoms with Gasteiger partial charge in [0.25, 0.3) is 0 Å². The van der Waals surface area contributed by atoms with Crippen molar-refractivity contribution in [3.05, 3.63) is 81.5 Å². The Balaban J connectivity index is 1.53. The van der Waals surface area contributed by atoms with Crippen LogP contribution in [0.15, 0.2) is 66.0 Å². The van der Waals surface area contributed by atoms with Crippen molar-refractivity contribution in [2.45, 2.75) is 13.0 Å². The first-order valence-electron chi connectivity index (χ1n) is 7.60. The molecule has 0 aliphatic rings. The minimum atomic E-state index is -0.00535. The number of benzene rings is 2. The molecule has 0 saturated carbocycles. The van der Waals surface area contributed by atoms with E-state index in [0.29, 0.717) is 13.0 Å². The van der Waals surface area contributed by atoms with Crippen LogP contribution in [0.5, 0.6) is 0 Å². The molecule has 2 aromatic carbocycles. The summed E-state index contributed by atoms with van der Waals surface area (Å²) in [4.78, 5) is 13.0. The molecule has 1 heterocycles. The Morgan fingerprint density at radius 3 is 2.42 bits per heavy atom. The highest BCUT2D eigenvalue weighted by atomic mass is 35.5. The molecule has 0 unspecified atom stereocenters. The largest absolute Gasteiger partial charge is 0.381 e. The molecule has 24 heavy (non-hydrogen) atoms. The lowest BCUT2D eigenvalue weighted by atomic mass is 10.2. The molecule has 0 atom stereocenters. The van der Waals surface area contributed by atoms with Crippen LogP contribution in [0, 0.1) is 0 Å². The lowest BCUT2D eigenvalue weighted by Crippen LogP contribution is -2.13. The van der Waals surface area contributed by atoms with Gasteiger partial charge in [-0.2, -0.15) is 0 Å². The minimum Gasteiger partial charge on any atom is -0.381 e. The van der Waals surface area contributed by atoms with Gasteiger partial charge in [-0.25, -0.2) is 0 Å². The number of amides is 1. The predicted molar refractivity (Wildman–Crippen MR) is 102 cm³/mol. The van der Waals surface area contributed by atoms with Crippen molar-refractivity contribution in [1.29, 1.82) is 0 Å². The molecule has 1 aromatic heterocycles. The van der Waals surface area contributed by atoms with Gasteiger partial charge in [-0.15, -0.1) is 11.3 Å². The number of carbonyl (C=O) groups is 1. The fourth-order valence-corrected chi connectivity index (χ4v) is 3.19. The third kappa shape index (κ3) is 4.60. The maximum atomic E-state index is 12.0. The average molecular weight is 357 g/mol. The molecule has 3 aromatic rings. The summed E-state index contributed by atoms with van der Waals surface area (Å²) in [5.74, 6) is -0.00535. The highest BCUT2D eigenvalue weighted by molar-refractivity contribution is 7.10. The number of hydrogen-bond donors (Lipinski definition) is 2. The number of hydrogen-bond acceptors (Lipinski definition) is 3. The van der Waals surface area contributed by atoms with Gasteiger partial charge in [0.15, 0.2) is 0 Å². The lowest BCUT2D eigenvalue weighted by molar-refractivity contribution is -0.115. The van der Waals surface area contributed by atoms with E-state index in [4.69, 9.17) is 11.6 Å². The number of nitrogens with one attached hydrogen (secondary N) is 2. The molecule has 3 nitrogen and oxygen atoms in total. The van der Waals surface area contributed by atoms with Gasteiger partial charge in [-0.05, 0) is 47.3 Å². The average Bonchev–Trinajstić information content (AvgIpc) is 3.08. The van der Waals surface area contributed by atoms with Crippen LogP contribution in [0.25, 0.3) is 0 Å². The zero-order valence-corrected chi connectivity index (χ0v) is 14.5. The molecule has 0 bridgehead atoms. The first kappa shape index (κ1) is 16.6. The normalized spacial score (nSPS) is 10.4. The Bertz CT molecular complexity index is 800. The van der Waals surface area contributed by atoms with Gasteiger partial charge in [0.1, 0.15) is 0 Å². The maximum absolute atomic E-state index is 12.0. The molecular formula is C19H17ClN2OS. The minimum absolute atomic E-state index is 0.00535. The Hall–Kier alpha value is -2.30. The van der Waals surface area contributed by atoms with Gasteiger partial charge in [0.05, 0.1) is 6.42 Å². The summed E-state index contributed by atoms with van der Waals surface area (Å²) in [6.45, 7) is 0.657. The van der Waals surface area contributed by atoms with Crippen molar-refractivity contribution in [2.75, 3.05) is 10.6 Å². The third-order valence-corrected chi connectivity index (χ3v) is 4.77. The molecule has 2 N–H and O–H groups in total. The maximum Gasteiger partial charge on any atom is 0.229 e. The zero-order valence-electron chi connectivity index (χ0n) is 13.0. The summed E-state index contributed by atoms with van der Waals surface area (Å²) in [5, 5.41) is 8.96. The van der Waals surface area contributed by atoms with Crippen molar-refractivity contribution in [3.63, 3.8) is 0 Å². The monoisotopic (exact) mass is 356 g/mol. The molecule has 0 fully saturated rings. The molecule has 5 heteroatoms. The van der Waals surface area contributed by atoms with E-state index in [-0.39, 0.29) is 5.91 Å². The van der Waals surface area contributed by atoms with Gasteiger partial charge < -0.3 is 10.6 Å². The van der Waals surface area contributed by atoms with E-state index < -0.39 is 0 Å². The van der Waals surface area contributed by atoms with Crippen LogP contribution in [-0.4, -0.2) is 5.91 Å². The molecule has 0 spiro atoms. The van der Waals surface area contributed by atoms with Crippen molar-refractivity contribution in [1.82, 2.24) is 0 Å². The first-order chi connectivity index (χ1) is 11.7. The molecule has 3 rings (SSSR count). The summed E-state index contributed by atoms with van der Waals surface area (Å²) in [6, 6.07) is 19.3. The van der Waals surface area contributed by atoms with Crippen molar-refractivity contribution in [2.24, 2.45) is 0 Å². The Morgan fingerprint density at radius 1 is 0.958 bits per heavy atom. The van der Waals surface area contributed by atoms with Crippen LogP contribution in [-0.2, 0) is 17.8 Å². The first-order valence-corrected chi connectivity index (χ1v) is 8.86. The van der Waals surface area contributed by atoms with Crippen LogP contribution in [0.2, 0.25) is 5.02 Å². The highest BCUT2D eigenvalue weighted by Crippen LogP contribution is 2.19. The second-order valence-electron chi connectivity index (χ2n) is 5.33. The van der Waals surface area contributed by atoms with Gasteiger partial charge >= 0.3 is 0 Å². The molecule has 1 amide bonds. The van der Waals surface area contributed by atoms with E-state index in [1.165, 1.54) is 0 Å². The van der Waals surface area contributed by atoms with Crippen molar-refractivity contribution >= 4 is 40.2 Å². The predicted octanol–water partition coefficient (Wildman–Crippen LogP) is 5.19. The molecule has 0 aliphatic carbocycles. The third-order valence-electron chi connectivity index (χ3n) is 3.52. The van der Waals surface area contributed by atoms with Crippen molar-refractivity contribution in [3.8, 4) is 0 Å². The summed E-state index contributed by atoms with van der Waals surface area (Å²) in [6.07, 6.45) is 0.407. The fourth-order valence-electron chi connectivity index (χ4n) is 2.29.